The topological polar surface area (TPSA) is 32.3 Å². The lowest BCUT2D eigenvalue weighted by Crippen LogP contribution is -2.14. The molecule has 1 heterocycles. The van der Waals surface area contributed by atoms with Crippen molar-refractivity contribution < 1.29 is 5.11 Å². The third-order valence-corrected chi connectivity index (χ3v) is 2.80. The molecule has 2 nitrogen and oxygen atoms in total. The molecule has 1 aliphatic heterocycles. The highest BCUT2D eigenvalue weighted by atomic mass is 16.3. The van der Waals surface area contributed by atoms with Crippen LogP contribution in [0.2, 0.25) is 0 Å². The van der Waals surface area contributed by atoms with Crippen LogP contribution in [0.3, 0.4) is 0 Å². The Hall–Kier alpha value is -0.860. The van der Waals surface area contributed by atoms with Crippen LogP contribution >= 0.6 is 0 Å². The Kier molecular flexibility index (Phi) is 2.62. The molecule has 1 saturated heterocycles. The number of aliphatic hydroxyl groups excluding tert-OH is 1. The summed E-state index contributed by atoms with van der Waals surface area (Å²) in [4.78, 5) is 0. The van der Waals surface area contributed by atoms with Crippen LogP contribution in [0.4, 0.5) is 0 Å². The molecule has 0 unspecified atom stereocenters. The second-order valence-corrected chi connectivity index (χ2v) is 3.62. The Balaban J connectivity index is 2.16. The van der Waals surface area contributed by atoms with Gasteiger partial charge in [0.15, 0.2) is 0 Å². The highest BCUT2D eigenvalue weighted by Gasteiger charge is 2.27. The molecule has 2 N–H and O–H groups in total. The highest BCUT2D eigenvalue weighted by Crippen LogP contribution is 2.27. The van der Waals surface area contributed by atoms with Gasteiger partial charge in [0, 0.05) is 31.5 Å². The third kappa shape index (κ3) is 1.74. The number of hydrogen-bond acceptors (Lipinski definition) is 2. The molecule has 1 aromatic carbocycles. The van der Waals surface area contributed by atoms with Crippen LogP contribution in [0, 0.1) is 5.92 Å². The smallest absolute Gasteiger partial charge is 0.0477 e. The molecule has 0 aliphatic carbocycles. The van der Waals surface area contributed by atoms with Crippen molar-refractivity contribution in [2.24, 2.45) is 5.92 Å². The summed E-state index contributed by atoms with van der Waals surface area (Å²) in [6.45, 7) is 2.22. The van der Waals surface area contributed by atoms with Gasteiger partial charge in [-0.05, 0) is 5.56 Å². The quantitative estimate of drug-likeness (QED) is 0.706. The Labute approximate surface area is 78.6 Å². The van der Waals surface area contributed by atoms with Gasteiger partial charge in [0.25, 0.3) is 0 Å². The summed E-state index contributed by atoms with van der Waals surface area (Å²) in [7, 11) is 0. The predicted octanol–water partition coefficient (Wildman–Crippen LogP) is 0.982. The second-order valence-electron chi connectivity index (χ2n) is 3.62. The molecule has 2 rings (SSSR count). The predicted molar refractivity (Wildman–Crippen MR) is 52.6 cm³/mol. The standard InChI is InChI=1S/C11H15NO/c13-8-10-6-12-7-11(10)9-4-2-1-3-5-9/h1-5,10-13H,6-8H2/t10-,11+/m1/s1. The third-order valence-electron chi connectivity index (χ3n) is 2.80. The van der Waals surface area contributed by atoms with Gasteiger partial charge in [0.1, 0.15) is 0 Å². The summed E-state index contributed by atoms with van der Waals surface area (Å²) >= 11 is 0. The maximum absolute atomic E-state index is 9.16. The van der Waals surface area contributed by atoms with E-state index in [0.29, 0.717) is 11.8 Å². The first-order chi connectivity index (χ1) is 6.42. The van der Waals surface area contributed by atoms with Crippen LogP contribution in [0.15, 0.2) is 30.3 Å². The summed E-state index contributed by atoms with van der Waals surface area (Å²) in [5, 5.41) is 12.5. The zero-order valence-corrected chi connectivity index (χ0v) is 7.61. The molecule has 0 bridgehead atoms. The van der Waals surface area contributed by atoms with Crippen molar-refractivity contribution in [2.45, 2.75) is 5.92 Å². The molecule has 0 spiro atoms. The average molecular weight is 177 g/mol. The van der Waals surface area contributed by atoms with Gasteiger partial charge in [-0.15, -0.1) is 0 Å². The highest BCUT2D eigenvalue weighted by molar-refractivity contribution is 5.22. The normalized spacial score (nSPS) is 27.8. The van der Waals surface area contributed by atoms with E-state index < -0.39 is 0 Å². The van der Waals surface area contributed by atoms with Crippen LogP contribution in [-0.4, -0.2) is 24.8 Å². The van der Waals surface area contributed by atoms with E-state index in [1.54, 1.807) is 0 Å². The van der Waals surface area contributed by atoms with E-state index >= 15 is 0 Å². The maximum atomic E-state index is 9.16. The van der Waals surface area contributed by atoms with Gasteiger partial charge in [-0.3, -0.25) is 0 Å². The summed E-state index contributed by atoms with van der Waals surface area (Å²) < 4.78 is 0. The molecule has 0 saturated carbocycles. The lowest BCUT2D eigenvalue weighted by atomic mass is 9.90. The van der Waals surface area contributed by atoms with Crippen molar-refractivity contribution in [1.82, 2.24) is 5.32 Å². The van der Waals surface area contributed by atoms with Gasteiger partial charge < -0.3 is 10.4 Å². The van der Waals surface area contributed by atoms with Crippen molar-refractivity contribution in [3.05, 3.63) is 35.9 Å². The van der Waals surface area contributed by atoms with Crippen LogP contribution in [0.5, 0.6) is 0 Å². The van der Waals surface area contributed by atoms with Gasteiger partial charge in [-0.25, -0.2) is 0 Å². The Bertz CT molecular complexity index is 260. The number of hydrogen-bond donors (Lipinski definition) is 2. The number of rotatable bonds is 2. The van der Waals surface area contributed by atoms with Crippen molar-refractivity contribution in [3.8, 4) is 0 Å². The van der Waals surface area contributed by atoms with E-state index in [9.17, 15) is 0 Å². The van der Waals surface area contributed by atoms with E-state index in [2.05, 4.69) is 29.6 Å². The SMILES string of the molecule is OC[C@H]1CNC[C@H]1c1ccccc1. The molecule has 1 fully saturated rings. The van der Waals surface area contributed by atoms with Crippen LogP contribution in [0.1, 0.15) is 11.5 Å². The molecule has 13 heavy (non-hydrogen) atoms. The summed E-state index contributed by atoms with van der Waals surface area (Å²) in [6.07, 6.45) is 0. The van der Waals surface area contributed by atoms with E-state index in [-0.39, 0.29) is 6.61 Å². The summed E-state index contributed by atoms with van der Waals surface area (Å²) in [6, 6.07) is 10.4. The van der Waals surface area contributed by atoms with E-state index in [4.69, 9.17) is 5.11 Å². The second kappa shape index (κ2) is 3.90. The number of aliphatic hydroxyl groups is 1. The van der Waals surface area contributed by atoms with E-state index in [0.717, 1.165) is 13.1 Å². The monoisotopic (exact) mass is 177 g/mol. The molecular formula is C11H15NO. The number of benzene rings is 1. The molecule has 0 aromatic heterocycles. The first-order valence-corrected chi connectivity index (χ1v) is 4.78. The lowest BCUT2D eigenvalue weighted by molar-refractivity contribution is 0.226. The minimum Gasteiger partial charge on any atom is -0.396 e. The largest absolute Gasteiger partial charge is 0.396 e. The van der Waals surface area contributed by atoms with Crippen LogP contribution < -0.4 is 5.32 Å². The van der Waals surface area contributed by atoms with Gasteiger partial charge >= 0.3 is 0 Å². The minimum absolute atomic E-state index is 0.284. The fraction of sp³-hybridized carbons (Fsp3) is 0.455. The number of nitrogens with one attached hydrogen (secondary N) is 1. The molecule has 2 atom stereocenters. The first-order valence-electron chi connectivity index (χ1n) is 4.78. The zero-order valence-electron chi connectivity index (χ0n) is 7.61. The van der Waals surface area contributed by atoms with Gasteiger partial charge in [0.2, 0.25) is 0 Å². The Morgan fingerprint density at radius 2 is 2.00 bits per heavy atom. The van der Waals surface area contributed by atoms with Crippen molar-refractivity contribution in [3.63, 3.8) is 0 Å². The van der Waals surface area contributed by atoms with Gasteiger partial charge in [-0.1, -0.05) is 30.3 Å². The van der Waals surface area contributed by atoms with Gasteiger partial charge in [-0.2, -0.15) is 0 Å². The molecule has 2 heteroatoms. The minimum atomic E-state index is 0.284. The molecule has 0 radical (unpaired) electrons. The summed E-state index contributed by atoms with van der Waals surface area (Å²) in [5.41, 5.74) is 1.34. The van der Waals surface area contributed by atoms with Gasteiger partial charge in [0.05, 0.1) is 0 Å². The molecule has 1 aliphatic rings. The average Bonchev–Trinajstić information content (AvgIpc) is 2.67. The lowest BCUT2D eigenvalue weighted by Gasteiger charge is -2.15. The van der Waals surface area contributed by atoms with E-state index in [1.807, 2.05) is 6.07 Å². The fourth-order valence-corrected chi connectivity index (χ4v) is 2.02. The van der Waals surface area contributed by atoms with Crippen LogP contribution in [-0.2, 0) is 0 Å². The first kappa shape index (κ1) is 8.73. The zero-order chi connectivity index (χ0) is 9.10. The fourth-order valence-electron chi connectivity index (χ4n) is 2.02. The Morgan fingerprint density at radius 1 is 1.23 bits per heavy atom. The van der Waals surface area contributed by atoms with Crippen molar-refractivity contribution in [2.75, 3.05) is 19.7 Å². The van der Waals surface area contributed by atoms with Crippen LogP contribution in [0.25, 0.3) is 0 Å². The molecule has 1 aromatic rings. The molecular weight excluding hydrogens is 162 g/mol. The van der Waals surface area contributed by atoms with Crippen molar-refractivity contribution >= 4 is 0 Å². The van der Waals surface area contributed by atoms with Crippen molar-refractivity contribution in [1.29, 1.82) is 0 Å². The maximum Gasteiger partial charge on any atom is 0.0477 e. The Morgan fingerprint density at radius 3 is 2.69 bits per heavy atom. The summed E-state index contributed by atoms with van der Waals surface area (Å²) in [5.74, 6) is 0.883. The van der Waals surface area contributed by atoms with E-state index in [1.165, 1.54) is 5.56 Å². The molecule has 70 valence electrons. The molecule has 0 amide bonds.